The summed E-state index contributed by atoms with van der Waals surface area (Å²) in [6, 6.07) is 0. The SMILES string of the molecule is O=C1CC(Br)N1Br. The highest BCUT2D eigenvalue weighted by Crippen LogP contribution is 2.27. The van der Waals surface area contributed by atoms with Gasteiger partial charge in [-0.2, -0.15) is 0 Å². The third kappa shape index (κ3) is 0.817. The Morgan fingerprint density at radius 2 is 2.43 bits per heavy atom. The van der Waals surface area contributed by atoms with Crippen LogP contribution in [0.5, 0.6) is 0 Å². The molecule has 1 aliphatic rings. The minimum Gasteiger partial charge on any atom is -0.274 e. The Labute approximate surface area is 58.3 Å². The molecule has 4 heteroatoms. The van der Waals surface area contributed by atoms with Crippen molar-refractivity contribution in [2.45, 2.75) is 11.4 Å². The Balaban J connectivity index is 2.43. The van der Waals surface area contributed by atoms with E-state index in [0.29, 0.717) is 6.42 Å². The first-order valence-electron chi connectivity index (χ1n) is 1.83. The van der Waals surface area contributed by atoms with E-state index in [9.17, 15) is 4.79 Å². The number of amides is 1. The van der Waals surface area contributed by atoms with Crippen LogP contribution in [0, 0.1) is 0 Å². The third-order valence-electron chi connectivity index (χ3n) is 0.827. The standard InChI is InChI=1S/C3H3Br2NO/c4-2-1-3(7)6(2)5/h2H,1H2. The quantitative estimate of drug-likeness (QED) is 0.265. The van der Waals surface area contributed by atoms with Gasteiger partial charge in [-0.3, -0.25) is 8.72 Å². The van der Waals surface area contributed by atoms with Crippen molar-refractivity contribution >= 4 is 38.0 Å². The van der Waals surface area contributed by atoms with Crippen molar-refractivity contribution in [3.8, 4) is 0 Å². The van der Waals surface area contributed by atoms with E-state index in [2.05, 4.69) is 32.1 Å². The van der Waals surface area contributed by atoms with Gasteiger partial charge in [0.15, 0.2) is 0 Å². The van der Waals surface area contributed by atoms with E-state index in [4.69, 9.17) is 0 Å². The Hall–Kier alpha value is 0.430. The first-order chi connectivity index (χ1) is 3.22. The molecule has 1 heterocycles. The van der Waals surface area contributed by atoms with E-state index in [-0.39, 0.29) is 10.9 Å². The van der Waals surface area contributed by atoms with Gasteiger partial charge in [0.2, 0.25) is 5.91 Å². The minimum absolute atomic E-state index is 0.141. The maximum Gasteiger partial charge on any atom is 0.236 e. The number of carbonyl (C=O) groups excluding carboxylic acids is 1. The largest absolute Gasteiger partial charge is 0.274 e. The molecule has 7 heavy (non-hydrogen) atoms. The molecule has 1 unspecified atom stereocenters. The summed E-state index contributed by atoms with van der Waals surface area (Å²) in [7, 11) is 0. The van der Waals surface area contributed by atoms with Crippen molar-refractivity contribution in [1.29, 1.82) is 0 Å². The van der Waals surface area contributed by atoms with Crippen molar-refractivity contribution in [2.75, 3.05) is 0 Å². The Kier molecular flexibility index (Phi) is 1.39. The molecule has 0 aromatic rings. The van der Waals surface area contributed by atoms with Gasteiger partial charge in [0.05, 0.1) is 22.6 Å². The molecule has 1 fully saturated rings. The number of hydrogen-bond donors (Lipinski definition) is 0. The van der Waals surface area contributed by atoms with Crippen LogP contribution in [0.25, 0.3) is 0 Å². The summed E-state index contributed by atoms with van der Waals surface area (Å²) in [6.45, 7) is 0. The van der Waals surface area contributed by atoms with E-state index < -0.39 is 0 Å². The Morgan fingerprint density at radius 1 is 1.86 bits per heavy atom. The van der Waals surface area contributed by atoms with Gasteiger partial charge in [0.1, 0.15) is 4.95 Å². The van der Waals surface area contributed by atoms with Gasteiger partial charge in [0, 0.05) is 0 Å². The van der Waals surface area contributed by atoms with Crippen molar-refractivity contribution in [2.24, 2.45) is 0 Å². The second-order valence-electron chi connectivity index (χ2n) is 1.34. The number of alkyl halides is 1. The molecule has 0 N–H and O–H groups in total. The average molecular weight is 229 g/mol. The zero-order chi connectivity index (χ0) is 5.44. The molecule has 0 radical (unpaired) electrons. The van der Waals surface area contributed by atoms with E-state index in [1.165, 1.54) is 3.93 Å². The van der Waals surface area contributed by atoms with Gasteiger partial charge >= 0.3 is 0 Å². The fourth-order valence-electron chi connectivity index (χ4n) is 0.355. The first kappa shape index (κ1) is 5.56. The number of β-lactam (4-membered cyclic amide) rings is 1. The summed E-state index contributed by atoms with van der Waals surface area (Å²) in [5, 5.41) is 0. The first-order valence-corrected chi connectivity index (χ1v) is 3.46. The van der Waals surface area contributed by atoms with Crippen LogP contribution in [0.15, 0.2) is 0 Å². The molecule has 0 aliphatic carbocycles. The van der Waals surface area contributed by atoms with Crippen LogP contribution in [-0.4, -0.2) is 14.8 Å². The highest BCUT2D eigenvalue weighted by atomic mass is 79.9. The van der Waals surface area contributed by atoms with Crippen molar-refractivity contribution in [3.63, 3.8) is 0 Å². The Bertz CT molecular complexity index is 105. The molecule has 2 nitrogen and oxygen atoms in total. The van der Waals surface area contributed by atoms with Gasteiger partial charge in [-0.25, -0.2) is 0 Å². The second-order valence-corrected chi connectivity index (χ2v) is 3.16. The van der Waals surface area contributed by atoms with Crippen molar-refractivity contribution in [1.82, 2.24) is 3.93 Å². The fraction of sp³-hybridized carbons (Fsp3) is 0.667. The normalized spacial score (nSPS) is 30.3. The molecule has 40 valence electrons. The minimum atomic E-state index is 0.141. The second kappa shape index (κ2) is 1.74. The summed E-state index contributed by atoms with van der Waals surface area (Å²) in [6.07, 6.45) is 0.616. The van der Waals surface area contributed by atoms with Crippen LogP contribution in [0.1, 0.15) is 6.42 Å². The number of hydrogen-bond acceptors (Lipinski definition) is 1. The highest BCUT2D eigenvalue weighted by Gasteiger charge is 2.31. The van der Waals surface area contributed by atoms with E-state index >= 15 is 0 Å². The van der Waals surface area contributed by atoms with Crippen LogP contribution in [0.3, 0.4) is 0 Å². The summed E-state index contributed by atoms with van der Waals surface area (Å²) in [5.41, 5.74) is 0. The molecule has 1 atom stereocenters. The van der Waals surface area contributed by atoms with Crippen LogP contribution >= 0.6 is 32.1 Å². The smallest absolute Gasteiger partial charge is 0.236 e. The lowest BCUT2D eigenvalue weighted by Crippen LogP contribution is -2.41. The number of halogens is 2. The van der Waals surface area contributed by atoms with Crippen molar-refractivity contribution in [3.05, 3.63) is 0 Å². The molecule has 1 saturated heterocycles. The summed E-state index contributed by atoms with van der Waals surface area (Å²) < 4.78 is 1.48. The predicted octanol–water partition coefficient (Wildman–Crippen LogP) is 1.25. The summed E-state index contributed by atoms with van der Waals surface area (Å²) >= 11 is 6.25. The van der Waals surface area contributed by atoms with Gasteiger partial charge in [-0.1, -0.05) is 15.9 Å². The lowest BCUT2D eigenvalue weighted by molar-refractivity contribution is -0.132. The van der Waals surface area contributed by atoms with Crippen LogP contribution in [0.4, 0.5) is 0 Å². The van der Waals surface area contributed by atoms with E-state index in [1.54, 1.807) is 0 Å². The van der Waals surface area contributed by atoms with Gasteiger partial charge in [-0.15, -0.1) is 0 Å². The number of carbonyl (C=O) groups is 1. The topological polar surface area (TPSA) is 20.3 Å². The number of nitrogens with zero attached hydrogens (tertiary/aromatic N) is 1. The van der Waals surface area contributed by atoms with Crippen LogP contribution in [0.2, 0.25) is 0 Å². The maximum absolute atomic E-state index is 10.3. The molecule has 1 amide bonds. The number of rotatable bonds is 0. The molecule has 0 saturated carbocycles. The molecule has 0 bridgehead atoms. The summed E-state index contributed by atoms with van der Waals surface area (Å²) in [5.74, 6) is 0.141. The maximum atomic E-state index is 10.3. The fourth-order valence-corrected chi connectivity index (χ4v) is 1.15. The lowest BCUT2D eigenvalue weighted by atomic mass is 10.3. The zero-order valence-electron chi connectivity index (χ0n) is 3.40. The monoisotopic (exact) mass is 227 g/mol. The zero-order valence-corrected chi connectivity index (χ0v) is 6.57. The van der Waals surface area contributed by atoms with Crippen LogP contribution < -0.4 is 0 Å². The van der Waals surface area contributed by atoms with Gasteiger partial charge in [0.25, 0.3) is 0 Å². The molecule has 1 aliphatic heterocycles. The van der Waals surface area contributed by atoms with E-state index in [0.717, 1.165) is 0 Å². The summed E-state index contributed by atoms with van der Waals surface area (Å²) in [4.78, 5) is 10.5. The lowest BCUT2D eigenvalue weighted by Gasteiger charge is -2.29. The molecular weight excluding hydrogens is 226 g/mol. The molecule has 0 aromatic carbocycles. The van der Waals surface area contributed by atoms with Gasteiger partial charge < -0.3 is 0 Å². The molecule has 0 spiro atoms. The molecular formula is C3H3Br2NO. The molecule has 0 aromatic heterocycles. The van der Waals surface area contributed by atoms with Crippen molar-refractivity contribution < 1.29 is 4.79 Å². The van der Waals surface area contributed by atoms with Gasteiger partial charge in [-0.05, 0) is 0 Å². The predicted molar refractivity (Wildman–Crippen MR) is 33.1 cm³/mol. The average Bonchev–Trinajstić information content (AvgIpc) is 1.68. The third-order valence-corrected chi connectivity index (χ3v) is 3.00. The molecule has 1 rings (SSSR count). The Morgan fingerprint density at radius 3 is 2.43 bits per heavy atom. The highest BCUT2D eigenvalue weighted by molar-refractivity contribution is 9.11. The van der Waals surface area contributed by atoms with E-state index in [1.807, 2.05) is 0 Å². The van der Waals surface area contributed by atoms with Crippen LogP contribution in [-0.2, 0) is 4.79 Å².